The van der Waals surface area contributed by atoms with Crippen molar-refractivity contribution in [2.75, 3.05) is 0 Å². The minimum atomic E-state index is 0.685. The van der Waals surface area contributed by atoms with E-state index in [1.165, 1.54) is 0 Å². The Kier molecular flexibility index (Phi) is 4.32. The van der Waals surface area contributed by atoms with Gasteiger partial charge in [-0.2, -0.15) is 10.2 Å². The zero-order valence-electron chi connectivity index (χ0n) is 17.0. The first-order valence-corrected chi connectivity index (χ1v) is 10.3. The summed E-state index contributed by atoms with van der Waals surface area (Å²) in [5.74, 6) is 2.85. The van der Waals surface area contributed by atoms with Gasteiger partial charge in [0.25, 0.3) is 0 Å². The molecule has 32 heavy (non-hydrogen) atoms. The highest BCUT2D eigenvalue weighted by atomic mass is 15.2. The third-order valence-electron chi connectivity index (χ3n) is 5.42. The highest BCUT2D eigenvalue weighted by Gasteiger charge is 2.11. The van der Waals surface area contributed by atoms with Crippen LogP contribution in [0.4, 0.5) is 0 Å². The second kappa shape index (κ2) is 7.59. The lowest BCUT2D eigenvalue weighted by Gasteiger charge is -2.03. The lowest BCUT2D eigenvalue weighted by Crippen LogP contribution is -1.85. The van der Waals surface area contributed by atoms with Gasteiger partial charge in [0.2, 0.25) is 0 Å². The second-order valence-electron chi connectivity index (χ2n) is 7.52. The van der Waals surface area contributed by atoms with Crippen LogP contribution in [0.1, 0.15) is 0 Å². The summed E-state index contributed by atoms with van der Waals surface area (Å²) in [7, 11) is 0. The fraction of sp³-hybridized carbons (Fsp3) is 0. The molecule has 2 aromatic heterocycles. The van der Waals surface area contributed by atoms with Crippen LogP contribution in [0.25, 0.3) is 56.3 Å². The standard InChI is InChI=1S/C26H18N6/c1-3-7-18(8-4-1)23-27-25(31-29-23)20-13-11-17-12-14-21(16-22(17)15-20)26-28-24(30-32-26)19-9-5-2-6-10-19/h1-16H,(H,27,29,31)(H,28,30,32). The van der Waals surface area contributed by atoms with Crippen LogP contribution in [0.3, 0.4) is 0 Å². The number of benzene rings is 4. The van der Waals surface area contributed by atoms with Crippen LogP contribution < -0.4 is 0 Å². The number of nitrogens with one attached hydrogen (secondary N) is 2. The van der Waals surface area contributed by atoms with Gasteiger partial charge in [-0.15, -0.1) is 0 Å². The van der Waals surface area contributed by atoms with Gasteiger partial charge in [0.05, 0.1) is 0 Å². The van der Waals surface area contributed by atoms with Gasteiger partial charge in [0.1, 0.15) is 0 Å². The SMILES string of the molecule is c1ccc(-c2n[nH]c(-c3ccc4ccc(-c5nc(-c6ccccc6)n[nH]5)cc4c3)n2)cc1. The van der Waals surface area contributed by atoms with Crippen LogP contribution in [-0.2, 0) is 0 Å². The van der Waals surface area contributed by atoms with Crippen LogP contribution in [0.5, 0.6) is 0 Å². The molecule has 0 saturated heterocycles. The molecule has 152 valence electrons. The summed E-state index contributed by atoms with van der Waals surface area (Å²) in [6.45, 7) is 0. The summed E-state index contributed by atoms with van der Waals surface area (Å²) >= 11 is 0. The molecule has 0 atom stereocenters. The third-order valence-corrected chi connectivity index (χ3v) is 5.42. The predicted molar refractivity (Wildman–Crippen MR) is 126 cm³/mol. The summed E-state index contributed by atoms with van der Waals surface area (Å²) in [5.41, 5.74) is 3.92. The number of aromatic nitrogens is 6. The number of fused-ring (bicyclic) bond motifs is 1. The lowest BCUT2D eigenvalue weighted by atomic mass is 10.0. The highest BCUT2D eigenvalue weighted by Crippen LogP contribution is 2.28. The number of H-pyrrole nitrogens is 2. The van der Waals surface area contributed by atoms with E-state index in [0.717, 1.165) is 44.7 Å². The molecule has 2 heterocycles. The van der Waals surface area contributed by atoms with Crippen molar-refractivity contribution in [1.82, 2.24) is 30.4 Å². The molecule has 4 aromatic carbocycles. The van der Waals surface area contributed by atoms with Crippen molar-refractivity contribution >= 4 is 10.8 Å². The van der Waals surface area contributed by atoms with Crippen molar-refractivity contribution in [3.05, 3.63) is 97.1 Å². The van der Waals surface area contributed by atoms with Crippen molar-refractivity contribution in [1.29, 1.82) is 0 Å². The van der Waals surface area contributed by atoms with Crippen LogP contribution in [0.15, 0.2) is 97.1 Å². The maximum absolute atomic E-state index is 4.68. The van der Waals surface area contributed by atoms with Gasteiger partial charge in [-0.3, -0.25) is 10.2 Å². The number of rotatable bonds is 4. The molecular formula is C26H18N6. The van der Waals surface area contributed by atoms with E-state index in [9.17, 15) is 0 Å². The van der Waals surface area contributed by atoms with Gasteiger partial charge >= 0.3 is 0 Å². The first-order valence-electron chi connectivity index (χ1n) is 10.3. The number of hydrogen-bond acceptors (Lipinski definition) is 4. The summed E-state index contributed by atoms with van der Waals surface area (Å²) in [5, 5.41) is 17.1. The van der Waals surface area contributed by atoms with E-state index in [0.29, 0.717) is 11.6 Å². The molecule has 0 radical (unpaired) electrons. The van der Waals surface area contributed by atoms with Crippen molar-refractivity contribution in [2.45, 2.75) is 0 Å². The average molecular weight is 414 g/mol. The van der Waals surface area contributed by atoms with E-state index in [2.05, 4.69) is 66.8 Å². The molecular weight excluding hydrogens is 396 g/mol. The molecule has 0 aliphatic rings. The van der Waals surface area contributed by atoms with E-state index < -0.39 is 0 Å². The average Bonchev–Trinajstić information content (AvgIpc) is 3.55. The molecule has 0 saturated carbocycles. The predicted octanol–water partition coefficient (Wildman–Crippen LogP) is 5.74. The van der Waals surface area contributed by atoms with Gasteiger partial charge < -0.3 is 0 Å². The zero-order valence-corrected chi connectivity index (χ0v) is 17.0. The number of nitrogens with zero attached hydrogens (tertiary/aromatic N) is 4. The number of hydrogen-bond donors (Lipinski definition) is 2. The van der Waals surface area contributed by atoms with Crippen molar-refractivity contribution in [3.8, 4) is 45.6 Å². The normalized spacial score (nSPS) is 11.1. The Balaban J connectivity index is 1.35. The summed E-state index contributed by atoms with van der Waals surface area (Å²) < 4.78 is 0. The molecule has 6 heteroatoms. The van der Waals surface area contributed by atoms with E-state index in [1.807, 2.05) is 60.7 Å². The van der Waals surface area contributed by atoms with Gasteiger partial charge in [-0.05, 0) is 22.9 Å². The van der Waals surface area contributed by atoms with Gasteiger partial charge in [-0.25, -0.2) is 9.97 Å². The Morgan fingerprint density at radius 3 is 1.38 bits per heavy atom. The van der Waals surface area contributed by atoms with Crippen molar-refractivity contribution < 1.29 is 0 Å². The molecule has 0 aliphatic carbocycles. The monoisotopic (exact) mass is 414 g/mol. The molecule has 0 amide bonds. The molecule has 0 fully saturated rings. The Bertz CT molecular complexity index is 1400. The highest BCUT2D eigenvalue weighted by molar-refractivity contribution is 5.89. The molecule has 0 spiro atoms. The largest absolute Gasteiger partial charge is 0.259 e. The number of aromatic amines is 2. The Morgan fingerprint density at radius 2 is 0.906 bits per heavy atom. The summed E-state index contributed by atoms with van der Waals surface area (Å²) in [6.07, 6.45) is 0. The van der Waals surface area contributed by atoms with Gasteiger partial charge in [0, 0.05) is 22.3 Å². The molecule has 6 aromatic rings. The summed E-state index contributed by atoms with van der Waals surface area (Å²) in [6, 6.07) is 32.4. The molecule has 6 rings (SSSR count). The minimum absolute atomic E-state index is 0.685. The van der Waals surface area contributed by atoms with Crippen LogP contribution >= 0.6 is 0 Å². The molecule has 0 unspecified atom stereocenters. The first kappa shape index (κ1) is 18.2. The zero-order chi connectivity index (χ0) is 21.3. The summed E-state index contributed by atoms with van der Waals surface area (Å²) in [4.78, 5) is 9.36. The molecule has 0 aliphatic heterocycles. The Labute approximate surface area is 184 Å². The van der Waals surface area contributed by atoms with E-state index >= 15 is 0 Å². The fourth-order valence-corrected chi connectivity index (χ4v) is 3.76. The maximum Gasteiger partial charge on any atom is 0.181 e. The van der Waals surface area contributed by atoms with Crippen LogP contribution in [-0.4, -0.2) is 30.4 Å². The Morgan fingerprint density at radius 1 is 0.438 bits per heavy atom. The van der Waals surface area contributed by atoms with Gasteiger partial charge in [0.15, 0.2) is 23.3 Å². The molecule has 2 N–H and O–H groups in total. The minimum Gasteiger partial charge on any atom is -0.259 e. The second-order valence-corrected chi connectivity index (χ2v) is 7.52. The van der Waals surface area contributed by atoms with Gasteiger partial charge in [-0.1, -0.05) is 84.9 Å². The van der Waals surface area contributed by atoms with E-state index in [-0.39, 0.29) is 0 Å². The molecule has 6 nitrogen and oxygen atoms in total. The molecule has 0 bridgehead atoms. The quantitative estimate of drug-likeness (QED) is 0.385. The van der Waals surface area contributed by atoms with Crippen molar-refractivity contribution in [3.63, 3.8) is 0 Å². The topological polar surface area (TPSA) is 83.1 Å². The third kappa shape index (κ3) is 3.33. The Hall–Kier alpha value is -4.58. The fourth-order valence-electron chi connectivity index (χ4n) is 3.76. The van der Waals surface area contributed by atoms with E-state index in [4.69, 9.17) is 0 Å². The van der Waals surface area contributed by atoms with E-state index in [1.54, 1.807) is 0 Å². The first-order chi connectivity index (χ1) is 15.8. The smallest absolute Gasteiger partial charge is 0.181 e. The van der Waals surface area contributed by atoms with Crippen molar-refractivity contribution in [2.24, 2.45) is 0 Å². The maximum atomic E-state index is 4.68. The van der Waals surface area contributed by atoms with Crippen LogP contribution in [0, 0.1) is 0 Å². The van der Waals surface area contributed by atoms with Crippen LogP contribution in [0.2, 0.25) is 0 Å². The lowest BCUT2D eigenvalue weighted by molar-refractivity contribution is 1.10.